The third kappa shape index (κ3) is 8.84. The van der Waals surface area contributed by atoms with E-state index in [1.54, 1.807) is 12.1 Å². The maximum absolute atomic E-state index is 12.1. The Morgan fingerprint density at radius 1 is 0.750 bits per heavy atom. The van der Waals surface area contributed by atoms with Crippen molar-refractivity contribution in [2.45, 2.75) is 89.4 Å². The van der Waals surface area contributed by atoms with Crippen molar-refractivity contribution >= 4 is 10.1 Å². The van der Waals surface area contributed by atoms with Crippen molar-refractivity contribution in [1.29, 1.82) is 0 Å². The van der Waals surface area contributed by atoms with Gasteiger partial charge in [-0.1, -0.05) is 77.3 Å². The molecule has 0 radical (unpaired) electrons. The standard InChI is InChI=1S/C20H34O3S/c1-3-5-7-8-9-10-11-13-19-14-16-20(17-15-19)24(21,22)23-18-12-6-4-2/h14-17H,3-13,18H2,1-2H3. The van der Waals surface area contributed by atoms with Gasteiger partial charge in [0.25, 0.3) is 10.1 Å². The Labute approximate surface area is 148 Å². The zero-order chi connectivity index (χ0) is 17.7. The molecule has 4 heteroatoms. The Morgan fingerprint density at radius 3 is 1.92 bits per heavy atom. The summed E-state index contributed by atoms with van der Waals surface area (Å²) in [4.78, 5) is 0.266. The number of aryl methyl sites for hydroxylation is 1. The SMILES string of the molecule is CCCCCCCCCc1ccc(S(=O)(=O)OCCCCC)cc1. The second-order valence-electron chi connectivity index (χ2n) is 6.50. The third-order valence-corrected chi connectivity index (χ3v) is 5.59. The van der Waals surface area contributed by atoms with Gasteiger partial charge in [-0.3, -0.25) is 4.18 Å². The summed E-state index contributed by atoms with van der Waals surface area (Å²) in [5.74, 6) is 0. The summed E-state index contributed by atoms with van der Waals surface area (Å²) in [6.07, 6.45) is 12.9. The predicted molar refractivity (Wildman–Crippen MR) is 101 cm³/mol. The van der Waals surface area contributed by atoms with Crippen molar-refractivity contribution in [3.8, 4) is 0 Å². The van der Waals surface area contributed by atoms with Crippen molar-refractivity contribution in [2.75, 3.05) is 6.61 Å². The van der Waals surface area contributed by atoms with E-state index in [1.165, 1.54) is 50.5 Å². The second kappa shape index (κ2) is 12.5. The Bertz CT molecular complexity index is 520. The molecule has 0 aliphatic heterocycles. The first kappa shape index (κ1) is 21.2. The molecule has 1 aromatic rings. The van der Waals surface area contributed by atoms with Crippen LogP contribution >= 0.6 is 0 Å². The van der Waals surface area contributed by atoms with Gasteiger partial charge in [0.15, 0.2) is 0 Å². The van der Waals surface area contributed by atoms with Crippen molar-refractivity contribution in [1.82, 2.24) is 0 Å². The van der Waals surface area contributed by atoms with Crippen LogP contribution in [0.1, 0.15) is 83.6 Å². The lowest BCUT2D eigenvalue weighted by Crippen LogP contribution is -2.07. The fraction of sp³-hybridized carbons (Fsp3) is 0.700. The topological polar surface area (TPSA) is 43.4 Å². The van der Waals surface area contributed by atoms with Gasteiger partial charge < -0.3 is 0 Å². The molecular weight excluding hydrogens is 320 g/mol. The average molecular weight is 355 g/mol. The van der Waals surface area contributed by atoms with Gasteiger partial charge in [-0.15, -0.1) is 0 Å². The minimum Gasteiger partial charge on any atom is -0.266 e. The summed E-state index contributed by atoms with van der Waals surface area (Å²) in [6, 6.07) is 7.18. The Hall–Kier alpha value is -0.870. The summed E-state index contributed by atoms with van der Waals surface area (Å²) in [5.41, 5.74) is 1.20. The molecule has 0 aliphatic rings. The molecule has 0 atom stereocenters. The normalized spacial score (nSPS) is 11.8. The number of benzene rings is 1. The average Bonchev–Trinajstić information content (AvgIpc) is 2.58. The molecule has 0 saturated heterocycles. The van der Waals surface area contributed by atoms with E-state index in [1.807, 2.05) is 12.1 Å². The summed E-state index contributed by atoms with van der Waals surface area (Å²) >= 11 is 0. The lowest BCUT2D eigenvalue weighted by Gasteiger charge is -2.07. The van der Waals surface area contributed by atoms with Crippen LogP contribution in [0.2, 0.25) is 0 Å². The smallest absolute Gasteiger partial charge is 0.266 e. The summed E-state index contributed by atoms with van der Waals surface area (Å²) in [5, 5.41) is 0. The van der Waals surface area contributed by atoms with E-state index in [4.69, 9.17) is 4.18 Å². The van der Waals surface area contributed by atoms with Crippen LogP contribution < -0.4 is 0 Å². The van der Waals surface area contributed by atoms with Crippen molar-refractivity contribution in [3.05, 3.63) is 29.8 Å². The van der Waals surface area contributed by atoms with Crippen molar-refractivity contribution in [2.24, 2.45) is 0 Å². The molecule has 0 unspecified atom stereocenters. The fourth-order valence-electron chi connectivity index (χ4n) is 2.70. The zero-order valence-electron chi connectivity index (χ0n) is 15.4. The van der Waals surface area contributed by atoms with E-state index in [9.17, 15) is 8.42 Å². The highest BCUT2D eigenvalue weighted by molar-refractivity contribution is 7.86. The lowest BCUT2D eigenvalue weighted by molar-refractivity contribution is 0.308. The van der Waals surface area contributed by atoms with E-state index in [2.05, 4.69) is 13.8 Å². The summed E-state index contributed by atoms with van der Waals surface area (Å²) in [7, 11) is -3.60. The van der Waals surface area contributed by atoms with Crippen LogP contribution in [0.3, 0.4) is 0 Å². The molecule has 0 heterocycles. The molecule has 3 nitrogen and oxygen atoms in total. The molecule has 0 bridgehead atoms. The fourth-order valence-corrected chi connectivity index (χ4v) is 3.64. The van der Waals surface area contributed by atoms with Gasteiger partial charge in [0.1, 0.15) is 0 Å². The number of rotatable bonds is 14. The molecule has 0 saturated carbocycles. The van der Waals surface area contributed by atoms with Crippen LogP contribution in [0.5, 0.6) is 0 Å². The minimum absolute atomic E-state index is 0.266. The van der Waals surface area contributed by atoms with Gasteiger partial charge >= 0.3 is 0 Å². The highest BCUT2D eigenvalue weighted by Gasteiger charge is 2.14. The molecule has 0 aromatic heterocycles. The highest BCUT2D eigenvalue weighted by atomic mass is 32.2. The third-order valence-electron chi connectivity index (χ3n) is 4.27. The Balaban J connectivity index is 2.31. The minimum atomic E-state index is -3.60. The van der Waals surface area contributed by atoms with Gasteiger partial charge in [0.05, 0.1) is 11.5 Å². The molecule has 0 N–H and O–H groups in total. The Kier molecular flexibility index (Phi) is 11.0. The Morgan fingerprint density at radius 2 is 1.29 bits per heavy atom. The van der Waals surface area contributed by atoms with Crippen LogP contribution in [0, 0.1) is 0 Å². The van der Waals surface area contributed by atoms with E-state index in [-0.39, 0.29) is 11.5 Å². The predicted octanol–water partition coefficient (Wildman–Crippen LogP) is 5.88. The van der Waals surface area contributed by atoms with Crippen LogP contribution in [-0.2, 0) is 20.7 Å². The molecule has 0 spiro atoms. The maximum atomic E-state index is 12.1. The first-order valence-electron chi connectivity index (χ1n) is 9.58. The molecule has 0 amide bonds. The quantitative estimate of drug-likeness (QED) is 0.310. The highest BCUT2D eigenvalue weighted by Crippen LogP contribution is 2.16. The van der Waals surface area contributed by atoms with Crippen molar-refractivity contribution in [3.63, 3.8) is 0 Å². The summed E-state index contributed by atoms with van der Waals surface area (Å²) in [6.45, 7) is 4.59. The van der Waals surface area contributed by atoms with Crippen LogP contribution in [0.25, 0.3) is 0 Å². The maximum Gasteiger partial charge on any atom is 0.296 e. The van der Waals surface area contributed by atoms with Gasteiger partial charge in [-0.05, 0) is 37.0 Å². The number of hydrogen-bond donors (Lipinski definition) is 0. The second-order valence-corrected chi connectivity index (χ2v) is 8.11. The van der Waals surface area contributed by atoms with E-state index < -0.39 is 10.1 Å². The molecule has 0 aliphatic carbocycles. The zero-order valence-corrected chi connectivity index (χ0v) is 16.2. The van der Waals surface area contributed by atoms with E-state index in [0.29, 0.717) is 0 Å². The van der Waals surface area contributed by atoms with Gasteiger partial charge in [-0.25, -0.2) is 0 Å². The number of hydrogen-bond acceptors (Lipinski definition) is 3. The lowest BCUT2D eigenvalue weighted by atomic mass is 10.0. The number of unbranched alkanes of at least 4 members (excludes halogenated alkanes) is 8. The molecular formula is C20H34O3S. The molecule has 1 aromatic carbocycles. The first-order chi connectivity index (χ1) is 11.6. The van der Waals surface area contributed by atoms with Gasteiger partial charge in [-0.2, -0.15) is 8.42 Å². The molecule has 0 fully saturated rings. The van der Waals surface area contributed by atoms with Crippen LogP contribution in [-0.4, -0.2) is 15.0 Å². The van der Waals surface area contributed by atoms with Gasteiger partial charge in [0, 0.05) is 0 Å². The van der Waals surface area contributed by atoms with E-state index >= 15 is 0 Å². The van der Waals surface area contributed by atoms with Crippen LogP contribution in [0.15, 0.2) is 29.2 Å². The molecule has 1 rings (SSSR count). The molecule has 24 heavy (non-hydrogen) atoms. The summed E-state index contributed by atoms with van der Waals surface area (Å²) < 4.78 is 29.2. The largest absolute Gasteiger partial charge is 0.296 e. The monoisotopic (exact) mass is 354 g/mol. The van der Waals surface area contributed by atoms with E-state index in [0.717, 1.165) is 25.7 Å². The first-order valence-corrected chi connectivity index (χ1v) is 11.0. The van der Waals surface area contributed by atoms with Crippen LogP contribution in [0.4, 0.5) is 0 Å². The van der Waals surface area contributed by atoms with Crippen molar-refractivity contribution < 1.29 is 12.6 Å². The van der Waals surface area contributed by atoms with Gasteiger partial charge in [0.2, 0.25) is 0 Å². The molecule has 138 valence electrons.